The molecule has 0 saturated carbocycles. The lowest BCUT2D eigenvalue weighted by Gasteiger charge is -2.09. The van der Waals surface area contributed by atoms with Gasteiger partial charge in [-0.3, -0.25) is 4.79 Å². The number of phenols is 1. The Morgan fingerprint density at radius 2 is 2.00 bits per heavy atom. The van der Waals surface area contributed by atoms with E-state index >= 15 is 0 Å². The fraction of sp³-hybridized carbons (Fsp3) is 0.533. The molecule has 0 aliphatic rings. The van der Waals surface area contributed by atoms with Gasteiger partial charge in [-0.15, -0.1) is 0 Å². The Balaban J connectivity index is 2.66. The first-order valence-electron chi connectivity index (χ1n) is 6.68. The molecule has 0 amide bonds. The van der Waals surface area contributed by atoms with Crippen molar-refractivity contribution in [2.75, 3.05) is 6.61 Å². The molecule has 1 rings (SSSR count). The Hall–Kier alpha value is -1.51. The van der Waals surface area contributed by atoms with Crippen molar-refractivity contribution in [3.05, 3.63) is 23.8 Å². The fourth-order valence-corrected chi connectivity index (χ4v) is 1.71. The van der Waals surface area contributed by atoms with Crippen LogP contribution in [0.2, 0.25) is 0 Å². The average Bonchev–Trinajstić information content (AvgIpc) is 2.37. The minimum absolute atomic E-state index is 0.0934. The van der Waals surface area contributed by atoms with Gasteiger partial charge in [0, 0.05) is 12.0 Å². The van der Waals surface area contributed by atoms with E-state index in [0.29, 0.717) is 24.3 Å². The van der Waals surface area contributed by atoms with Gasteiger partial charge in [-0.05, 0) is 31.0 Å². The first-order valence-corrected chi connectivity index (χ1v) is 6.68. The van der Waals surface area contributed by atoms with Crippen LogP contribution in [0, 0.1) is 0 Å². The molecule has 0 radical (unpaired) electrons. The van der Waals surface area contributed by atoms with E-state index in [2.05, 4.69) is 6.92 Å². The van der Waals surface area contributed by atoms with Gasteiger partial charge < -0.3 is 9.84 Å². The van der Waals surface area contributed by atoms with Crippen LogP contribution < -0.4 is 4.74 Å². The molecule has 100 valence electrons. The quantitative estimate of drug-likeness (QED) is 0.561. The predicted molar refractivity (Wildman–Crippen MR) is 72.4 cm³/mol. The van der Waals surface area contributed by atoms with Crippen LogP contribution >= 0.6 is 0 Å². The summed E-state index contributed by atoms with van der Waals surface area (Å²) in [6.07, 6.45) is 4.55. The van der Waals surface area contributed by atoms with Crippen molar-refractivity contribution in [1.82, 2.24) is 0 Å². The molecule has 0 atom stereocenters. The molecule has 3 nitrogen and oxygen atoms in total. The van der Waals surface area contributed by atoms with Crippen molar-refractivity contribution >= 4 is 5.78 Å². The smallest absolute Gasteiger partial charge is 0.163 e. The Labute approximate surface area is 109 Å². The second-order valence-corrected chi connectivity index (χ2v) is 4.41. The molecule has 1 N–H and O–H groups in total. The molecule has 18 heavy (non-hydrogen) atoms. The Morgan fingerprint density at radius 1 is 1.22 bits per heavy atom. The summed E-state index contributed by atoms with van der Waals surface area (Å²) in [5.74, 6) is 0.600. The van der Waals surface area contributed by atoms with E-state index in [-0.39, 0.29) is 11.5 Å². The Morgan fingerprint density at radius 3 is 2.67 bits per heavy atom. The third-order valence-electron chi connectivity index (χ3n) is 2.76. The third kappa shape index (κ3) is 4.40. The molecule has 0 aliphatic heterocycles. The summed E-state index contributed by atoms with van der Waals surface area (Å²) in [4.78, 5) is 11.7. The summed E-state index contributed by atoms with van der Waals surface area (Å²) < 4.78 is 5.51. The van der Waals surface area contributed by atoms with E-state index in [1.807, 2.05) is 6.92 Å². The van der Waals surface area contributed by atoms with E-state index < -0.39 is 0 Å². The lowest BCUT2D eigenvalue weighted by molar-refractivity contribution is 0.0981. The molecule has 0 saturated heterocycles. The van der Waals surface area contributed by atoms with Crippen molar-refractivity contribution in [2.24, 2.45) is 0 Å². The number of Topliss-reactive ketones (excluding diaryl/α,β-unsaturated/α-hetero) is 1. The van der Waals surface area contributed by atoms with Gasteiger partial charge in [0.05, 0.1) is 6.61 Å². The first-order chi connectivity index (χ1) is 8.69. The summed E-state index contributed by atoms with van der Waals surface area (Å²) in [5.41, 5.74) is 0.611. The topological polar surface area (TPSA) is 46.5 Å². The van der Waals surface area contributed by atoms with E-state index in [0.717, 1.165) is 25.7 Å². The van der Waals surface area contributed by atoms with Crippen molar-refractivity contribution in [2.45, 2.75) is 46.0 Å². The van der Waals surface area contributed by atoms with E-state index in [1.54, 1.807) is 12.1 Å². The zero-order valence-electron chi connectivity index (χ0n) is 11.2. The number of unbranched alkanes of at least 4 members (excludes halogenated alkanes) is 2. The molecule has 0 aromatic heterocycles. The van der Waals surface area contributed by atoms with Crippen molar-refractivity contribution in [1.29, 1.82) is 0 Å². The Bertz CT molecular complexity index is 385. The van der Waals surface area contributed by atoms with Crippen molar-refractivity contribution in [3.63, 3.8) is 0 Å². The number of rotatable bonds is 8. The molecule has 3 heteroatoms. The van der Waals surface area contributed by atoms with E-state index in [9.17, 15) is 9.90 Å². The first kappa shape index (κ1) is 14.6. The molecule has 1 aromatic carbocycles. The van der Waals surface area contributed by atoms with Crippen molar-refractivity contribution in [3.8, 4) is 11.5 Å². The van der Waals surface area contributed by atoms with Gasteiger partial charge in [0.15, 0.2) is 17.3 Å². The highest BCUT2D eigenvalue weighted by Gasteiger charge is 2.09. The summed E-state index contributed by atoms with van der Waals surface area (Å²) >= 11 is 0. The van der Waals surface area contributed by atoms with Gasteiger partial charge in [0.1, 0.15) is 0 Å². The van der Waals surface area contributed by atoms with Crippen LogP contribution in [0.5, 0.6) is 11.5 Å². The maximum absolute atomic E-state index is 11.7. The minimum atomic E-state index is 0.0934. The summed E-state index contributed by atoms with van der Waals surface area (Å²) in [6, 6.07) is 4.81. The summed E-state index contributed by atoms with van der Waals surface area (Å²) in [6.45, 7) is 4.68. The summed E-state index contributed by atoms with van der Waals surface area (Å²) in [7, 11) is 0. The van der Waals surface area contributed by atoms with E-state index in [4.69, 9.17) is 4.74 Å². The highest BCUT2D eigenvalue weighted by molar-refractivity contribution is 5.96. The van der Waals surface area contributed by atoms with E-state index in [1.165, 1.54) is 6.07 Å². The van der Waals surface area contributed by atoms with Crippen molar-refractivity contribution < 1.29 is 14.6 Å². The standard InChI is InChI=1S/C15H22O3/c1-3-5-6-10-18-15-11-12(8-9-14(15)17)13(16)7-4-2/h8-9,11,17H,3-7,10H2,1-2H3. The van der Waals surface area contributed by atoms with Gasteiger partial charge in [-0.1, -0.05) is 26.7 Å². The molecule has 0 unspecified atom stereocenters. The highest BCUT2D eigenvalue weighted by Crippen LogP contribution is 2.27. The molecule has 0 spiro atoms. The van der Waals surface area contributed by atoms with Crippen LogP contribution in [0.1, 0.15) is 56.3 Å². The minimum Gasteiger partial charge on any atom is -0.504 e. The van der Waals surface area contributed by atoms with Crippen LogP contribution in [0.25, 0.3) is 0 Å². The molecule has 0 aliphatic carbocycles. The highest BCUT2D eigenvalue weighted by atomic mass is 16.5. The van der Waals surface area contributed by atoms with Gasteiger partial charge in [0.25, 0.3) is 0 Å². The molecular formula is C15H22O3. The summed E-state index contributed by atoms with van der Waals surface area (Å²) in [5, 5.41) is 9.67. The molecule has 0 bridgehead atoms. The lowest BCUT2D eigenvalue weighted by atomic mass is 10.1. The second kappa shape index (κ2) is 7.75. The van der Waals surface area contributed by atoms with Gasteiger partial charge in [-0.2, -0.15) is 0 Å². The monoisotopic (exact) mass is 250 g/mol. The number of ketones is 1. The normalized spacial score (nSPS) is 10.3. The molecule has 1 aromatic rings. The predicted octanol–water partition coefficient (Wildman–Crippen LogP) is 3.94. The third-order valence-corrected chi connectivity index (χ3v) is 2.76. The number of carbonyl (C=O) groups excluding carboxylic acids is 1. The van der Waals surface area contributed by atoms with Crippen LogP contribution in [-0.4, -0.2) is 17.5 Å². The number of hydrogen-bond acceptors (Lipinski definition) is 3. The average molecular weight is 250 g/mol. The van der Waals surface area contributed by atoms with Gasteiger partial charge in [-0.25, -0.2) is 0 Å². The maximum atomic E-state index is 11.7. The number of aromatic hydroxyl groups is 1. The molecule has 0 fully saturated rings. The van der Waals surface area contributed by atoms with Crippen LogP contribution in [0.3, 0.4) is 0 Å². The largest absolute Gasteiger partial charge is 0.504 e. The van der Waals surface area contributed by atoms with Crippen LogP contribution in [-0.2, 0) is 0 Å². The maximum Gasteiger partial charge on any atom is 0.163 e. The molecular weight excluding hydrogens is 228 g/mol. The Kier molecular flexibility index (Phi) is 6.26. The van der Waals surface area contributed by atoms with Crippen LogP contribution in [0.15, 0.2) is 18.2 Å². The second-order valence-electron chi connectivity index (χ2n) is 4.41. The fourth-order valence-electron chi connectivity index (χ4n) is 1.71. The van der Waals surface area contributed by atoms with Gasteiger partial charge >= 0.3 is 0 Å². The SMILES string of the molecule is CCCCCOc1cc(C(=O)CCC)ccc1O. The lowest BCUT2D eigenvalue weighted by Crippen LogP contribution is -2.01. The van der Waals surface area contributed by atoms with Gasteiger partial charge in [0.2, 0.25) is 0 Å². The number of ether oxygens (including phenoxy) is 1. The molecule has 0 heterocycles. The zero-order chi connectivity index (χ0) is 13.4. The zero-order valence-corrected chi connectivity index (χ0v) is 11.2. The number of hydrogen-bond donors (Lipinski definition) is 1. The van der Waals surface area contributed by atoms with Crippen LogP contribution in [0.4, 0.5) is 0 Å². The number of carbonyl (C=O) groups is 1. The number of benzene rings is 1. The number of phenolic OH excluding ortho intramolecular Hbond substituents is 1.